The summed E-state index contributed by atoms with van der Waals surface area (Å²) in [6.45, 7) is 8.43. The lowest BCUT2D eigenvalue weighted by Gasteiger charge is -2.17. The average molecular weight is 422 g/mol. The number of rotatable bonds is 8. The van der Waals surface area contributed by atoms with Gasteiger partial charge in [-0.2, -0.15) is 5.26 Å². The topological polar surface area (TPSA) is 67.5 Å². The van der Waals surface area contributed by atoms with Gasteiger partial charge in [0.25, 0.3) is 5.91 Å². The van der Waals surface area contributed by atoms with Crippen molar-refractivity contribution >= 4 is 12.0 Å². The molecular formula is C25H31N3O3. The molecule has 6 heteroatoms. The number of carbonyl (C=O) groups is 1. The van der Waals surface area contributed by atoms with Crippen LogP contribution in [0.15, 0.2) is 35.9 Å². The molecule has 0 N–H and O–H groups in total. The van der Waals surface area contributed by atoms with Crippen LogP contribution in [0.5, 0.6) is 5.75 Å². The molecule has 1 aliphatic heterocycles. The summed E-state index contributed by atoms with van der Waals surface area (Å²) in [7, 11) is 1.69. The number of nitriles is 1. The highest BCUT2D eigenvalue weighted by Gasteiger charge is 2.20. The minimum Gasteiger partial charge on any atom is -0.491 e. The number of nitrogens with zero attached hydrogens (tertiary/aromatic N) is 3. The molecule has 0 bridgehead atoms. The first-order chi connectivity index (χ1) is 14.9. The van der Waals surface area contributed by atoms with Gasteiger partial charge >= 0.3 is 0 Å². The Balaban J connectivity index is 1.65. The molecule has 1 atom stereocenters. The molecule has 2 aromatic rings. The molecule has 0 saturated carbocycles. The highest BCUT2D eigenvalue weighted by atomic mass is 16.5. The number of hydrogen-bond donors (Lipinski definition) is 0. The molecule has 31 heavy (non-hydrogen) atoms. The van der Waals surface area contributed by atoms with E-state index in [0.717, 1.165) is 54.3 Å². The molecule has 164 valence electrons. The van der Waals surface area contributed by atoms with Gasteiger partial charge in [0, 0.05) is 31.6 Å². The smallest absolute Gasteiger partial charge is 0.264 e. The Morgan fingerprint density at radius 1 is 1.35 bits per heavy atom. The van der Waals surface area contributed by atoms with Crippen LogP contribution in [0.2, 0.25) is 0 Å². The van der Waals surface area contributed by atoms with E-state index in [4.69, 9.17) is 9.47 Å². The van der Waals surface area contributed by atoms with Crippen LogP contribution in [0.3, 0.4) is 0 Å². The van der Waals surface area contributed by atoms with Crippen molar-refractivity contribution in [2.45, 2.75) is 46.3 Å². The highest BCUT2D eigenvalue weighted by Crippen LogP contribution is 2.22. The zero-order valence-electron chi connectivity index (χ0n) is 18.9. The molecule has 1 fully saturated rings. The number of ether oxygens (including phenoxy) is 2. The van der Waals surface area contributed by atoms with Crippen molar-refractivity contribution in [2.75, 3.05) is 26.8 Å². The third-order valence-electron chi connectivity index (χ3n) is 5.80. The van der Waals surface area contributed by atoms with E-state index in [0.29, 0.717) is 13.2 Å². The molecule has 1 amide bonds. The Bertz CT molecular complexity index is 994. The lowest BCUT2D eigenvalue weighted by atomic mass is 10.1. The number of hydrogen-bond acceptors (Lipinski definition) is 4. The van der Waals surface area contributed by atoms with E-state index < -0.39 is 0 Å². The van der Waals surface area contributed by atoms with Gasteiger partial charge < -0.3 is 18.9 Å². The van der Waals surface area contributed by atoms with Crippen LogP contribution in [-0.4, -0.2) is 48.3 Å². The van der Waals surface area contributed by atoms with Crippen LogP contribution >= 0.6 is 0 Å². The maximum Gasteiger partial charge on any atom is 0.264 e. The molecule has 1 unspecified atom stereocenters. The molecule has 0 aliphatic carbocycles. The summed E-state index contributed by atoms with van der Waals surface area (Å²) < 4.78 is 13.8. The van der Waals surface area contributed by atoms with E-state index in [-0.39, 0.29) is 17.6 Å². The third-order valence-corrected chi connectivity index (χ3v) is 5.80. The second kappa shape index (κ2) is 10.3. The van der Waals surface area contributed by atoms with Crippen molar-refractivity contribution in [2.24, 2.45) is 0 Å². The summed E-state index contributed by atoms with van der Waals surface area (Å²) in [6, 6.07) is 11.9. The lowest BCUT2D eigenvalue weighted by Crippen LogP contribution is -2.31. The maximum absolute atomic E-state index is 12.8. The van der Waals surface area contributed by atoms with Crippen LogP contribution in [-0.2, 0) is 16.1 Å². The highest BCUT2D eigenvalue weighted by molar-refractivity contribution is 6.01. The Labute approximate surface area is 184 Å². The van der Waals surface area contributed by atoms with Crippen LogP contribution in [0.4, 0.5) is 0 Å². The van der Waals surface area contributed by atoms with E-state index >= 15 is 0 Å². The van der Waals surface area contributed by atoms with Crippen LogP contribution in [0.25, 0.3) is 6.08 Å². The van der Waals surface area contributed by atoms with Gasteiger partial charge in [-0.25, -0.2) is 0 Å². The summed E-state index contributed by atoms with van der Waals surface area (Å²) in [6.07, 6.45) is 4.09. The fourth-order valence-corrected chi connectivity index (χ4v) is 3.86. The summed E-state index contributed by atoms with van der Waals surface area (Å²) in [4.78, 5) is 14.3. The Morgan fingerprint density at radius 2 is 2.13 bits per heavy atom. The number of para-hydroxylation sites is 1. The Kier molecular flexibility index (Phi) is 7.54. The second-order valence-corrected chi connectivity index (χ2v) is 8.08. The third kappa shape index (κ3) is 5.56. The first-order valence-electron chi connectivity index (χ1n) is 10.7. The van der Waals surface area contributed by atoms with Gasteiger partial charge in [-0.05, 0) is 62.9 Å². The van der Waals surface area contributed by atoms with E-state index in [9.17, 15) is 10.1 Å². The SMILES string of the molecule is Cc1ccccc1OCCN(C)C(=O)/C(C#N)=C/c1cc(C)n(CC2CCCO2)c1C. The van der Waals surface area contributed by atoms with E-state index in [2.05, 4.69) is 10.6 Å². The molecule has 1 aliphatic rings. The number of carbonyl (C=O) groups excluding carboxylic acids is 1. The van der Waals surface area contributed by atoms with Gasteiger partial charge in [0.2, 0.25) is 0 Å². The molecular weight excluding hydrogens is 390 g/mol. The number of aromatic nitrogens is 1. The molecule has 0 spiro atoms. The largest absolute Gasteiger partial charge is 0.491 e. The molecule has 3 rings (SSSR count). The van der Waals surface area contributed by atoms with Crippen LogP contribution in [0, 0.1) is 32.1 Å². The molecule has 6 nitrogen and oxygen atoms in total. The second-order valence-electron chi connectivity index (χ2n) is 8.08. The van der Waals surface area contributed by atoms with Gasteiger partial charge in [0.1, 0.15) is 24.0 Å². The lowest BCUT2D eigenvalue weighted by molar-refractivity contribution is -0.125. The van der Waals surface area contributed by atoms with Gasteiger partial charge in [0.15, 0.2) is 0 Å². The van der Waals surface area contributed by atoms with Crippen molar-refractivity contribution in [3.8, 4) is 11.8 Å². The number of benzene rings is 1. The van der Waals surface area contributed by atoms with Crippen molar-refractivity contribution < 1.29 is 14.3 Å². The van der Waals surface area contributed by atoms with Crippen molar-refractivity contribution in [1.29, 1.82) is 5.26 Å². The fourth-order valence-electron chi connectivity index (χ4n) is 3.86. The Morgan fingerprint density at radius 3 is 2.81 bits per heavy atom. The molecule has 1 saturated heterocycles. The van der Waals surface area contributed by atoms with E-state index in [1.807, 2.05) is 51.1 Å². The Hall–Kier alpha value is -3.04. The van der Waals surface area contributed by atoms with Gasteiger partial charge in [-0.1, -0.05) is 18.2 Å². The maximum atomic E-state index is 12.8. The minimum absolute atomic E-state index is 0.121. The summed E-state index contributed by atoms with van der Waals surface area (Å²) in [5, 5.41) is 9.62. The minimum atomic E-state index is -0.306. The normalized spacial score (nSPS) is 16.2. The van der Waals surface area contributed by atoms with Gasteiger partial charge in [0.05, 0.1) is 12.6 Å². The quantitative estimate of drug-likeness (QED) is 0.477. The first-order valence-corrected chi connectivity index (χ1v) is 10.7. The van der Waals surface area contributed by atoms with Crippen LogP contribution < -0.4 is 4.74 Å². The fraction of sp³-hybridized carbons (Fsp3) is 0.440. The molecule has 1 aromatic carbocycles. The average Bonchev–Trinajstić information content (AvgIpc) is 3.36. The van der Waals surface area contributed by atoms with Crippen molar-refractivity contribution in [1.82, 2.24) is 9.47 Å². The number of aryl methyl sites for hydroxylation is 2. The predicted octanol–water partition coefficient (Wildman–Crippen LogP) is 4.04. The number of likely N-dealkylation sites (N-methyl/N-ethyl adjacent to an activating group) is 1. The molecule has 2 heterocycles. The summed E-state index contributed by atoms with van der Waals surface area (Å²) in [5.41, 5.74) is 4.20. The van der Waals surface area contributed by atoms with Crippen LogP contribution in [0.1, 0.15) is 35.4 Å². The zero-order valence-corrected chi connectivity index (χ0v) is 18.9. The summed E-state index contributed by atoms with van der Waals surface area (Å²) >= 11 is 0. The number of amides is 1. The monoisotopic (exact) mass is 421 g/mol. The zero-order chi connectivity index (χ0) is 22.4. The molecule has 0 radical (unpaired) electrons. The predicted molar refractivity (Wildman–Crippen MR) is 121 cm³/mol. The van der Waals surface area contributed by atoms with E-state index in [1.54, 1.807) is 13.1 Å². The van der Waals surface area contributed by atoms with Crippen molar-refractivity contribution in [3.63, 3.8) is 0 Å². The first kappa shape index (κ1) is 22.6. The van der Waals surface area contributed by atoms with Crippen molar-refractivity contribution in [3.05, 3.63) is 58.4 Å². The molecule has 1 aromatic heterocycles. The van der Waals surface area contributed by atoms with Gasteiger partial charge in [-0.3, -0.25) is 4.79 Å². The standard InChI is InChI=1S/C25H31N3O3/c1-18-8-5-6-10-24(18)31-13-11-27(4)25(29)22(16-26)15-21-14-19(2)28(20(21)3)17-23-9-7-12-30-23/h5-6,8,10,14-15,23H,7,9,11-13,17H2,1-4H3/b22-15+. The van der Waals surface area contributed by atoms with Gasteiger partial charge in [-0.15, -0.1) is 0 Å². The van der Waals surface area contributed by atoms with E-state index in [1.165, 1.54) is 4.90 Å². The summed E-state index contributed by atoms with van der Waals surface area (Å²) in [5.74, 6) is 0.498.